The van der Waals surface area contributed by atoms with Gasteiger partial charge in [-0.25, -0.2) is 4.98 Å². The topological polar surface area (TPSA) is 67.8 Å². The molecular formula is C23H27N5OS. The van der Waals surface area contributed by atoms with Crippen molar-refractivity contribution in [1.82, 2.24) is 25.1 Å². The highest BCUT2D eigenvalue weighted by Crippen LogP contribution is 2.23. The molecule has 156 valence electrons. The number of ether oxygens (including phenoxy) is 1. The highest BCUT2D eigenvalue weighted by molar-refractivity contribution is 7.80. The minimum Gasteiger partial charge on any atom is -0.497 e. The van der Waals surface area contributed by atoms with Gasteiger partial charge in [0, 0.05) is 35.4 Å². The molecule has 6 nitrogen and oxygen atoms in total. The molecular weight excluding hydrogens is 394 g/mol. The van der Waals surface area contributed by atoms with E-state index in [0.717, 1.165) is 40.5 Å². The maximum absolute atomic E-state index is 4.95. The summed E-state index contributed by atoms with van der Waals surface area (Å²) in [6, 6.07) is 14.5. The third-order valence-electron chi connectivity index (χ3n) is 5.37. The van der Waals surface area contributed by atoms with Crippen molar-refractivity contribution in [2.45, 2.75) is 30.8 Å². The van der Waals surface area contributed by atoms with Gasteiger partial charge in [0.1, 0.15) is 5.75 Å². The van der Waals surface area contributed by atoms with E-state index in [9.17, 15) is 0 Å². The maximum atomic E-state index is 4.95. The van der Waals surface area contributed by atoms with E-state index in [-0.39, 0.29) is 0 Å². The number of hydrogen-bond donors (Lipinski definition) is 3. The van der Waals surface area contributed by atoms with Crippen molar-refractivity contribution in [2.24, 2.45) is 5.92 Å². The summed E-state index contributed by atoms with van der Waals surface area (Å²) in [5.41, 5.74) is 4.25. The highest BCUT2D eigenvalue weighted by Gasteiger charge is 2.21. The smallest absolute Gasteiger partial charge is 0.119 e. The molecule has 0 radical (unpaired) electrons. The van der Waals surface area contributed by atoms with E-state index >= 15 is 0 Å². The van der Waals surface area contributed by atoms with Gasteiger partial charge in [0.15, 0.2) is 0 Å². The van der Waals surface area contributed by atoms with E-state index in [2.05, 4.69) is 64.0 Å². The van der Waals surface area contributed by atoms with Crippen LogP contribution in [0.4, 0.5) is 0 Å². The Morgan fingerprint density at radius 3 is 2.80 bits per heavy atom. The molecule has 0 saturated carbocycles. The number of thiol groups is 1. The van der Waals surface area contributed by atoms with Gasteiger partial charge in [-0.15, -0.1) is 12.6 Å². The Bertz CT molecular complexity index is 1090. The number of pyridine rings is 1. The van der Waals surface area contributed by atoms with Crippen LogP contribution in [0.25, 0.3) is 22.3 Å². The fourth-order valence-electron chi connectivity index (χ4n) is 3.85. The zero-order valence-electron chi connectivity index (χ0n) is 17.2. The van der Waals surface area contributed by atoms with E-state index in [0.29, 0.717) is 12.0 Å². The zero-order valence-corrected chi connectivity index (χ0v) is 18.1. The molecule has 0 amide bonds. The third kappa shape index (κ3) is 4.86. The van der Waals surface area contributed by atoms with Gasteiger partial charge in [0.25, 0.3) is 0 Å². The second kappa shape index (κ2) is 9.36. The molecule has 2 unspecified atom stereocenters. The molecule has 0 bridgehead atoms. The monoisotopic (exact) mass is 421 g/mol. The largest absolute Gasteiger partial charge is 0.497 e. The van der Waals surface area contributed by atoms with Crippen LogP contribution in [0.2, 0.25) is 0 Å². The lowest BCUT2D eigenvalue weighted by atomic mass is 10.1. The number of aromatic nitrogens is 4. The van der Waals surface area contributed by atoms with Crippen LogP contribution in [-0.4, -0.2) is 39.4 Å². The summed E-state index contributed by atoms with van der Waals surface area (Å²) < 4.78 is 7.27. The van der Waals surface area contributed by atoms with Crippen LogP contribution in [-0.2, 0) is 6.54 Å². The zero-order chi connectivity index (χ0) is 20.9. The quantitative estimate of drug-likeness (QED) is 0.427. The minimum atomic E-state index is 0.641. The predicted molar refractivity (Wildman–Crippen MR) is 123 cm³/mol. The molecule has 4 heterocycles. The van der Waals surface area contributed by atoms with Crippen molar-refractivity contribution in [3.8, 4) is 17.0 Å². The molecule has 1 aliphatic heterocycles. The van der Waals surface area contributed by atoms with Crippen molar-refractivity contribution in [1.29, 1.82) is 0 Å². The number of hydrogen-bond acceptors (Lipinski definition) is 5. The highest BCUT2D eigenvalue weighted by atomic mass is 32.1. The lowest BCUT2D eigenvalue weighted by molar-refractivity contribution is 0.413. The van der Waals surface area contributed by atoms with Crippen LogP contribution in [0.1, 0.15) is 13.3 Å². The number of rotatable bonds is 4. The Morgan fingerprint density at radius 1 is 1.23 bits per heavy atom. The molecule has 0 aliphatic carbocycles. The Labute approximate surface area is 182 Å². The molecule has 30 heavy (non-hydrogen) atoms. The van der Waals surface area contributed by atoms with Crippen molar-refractivity contribution in [3.63, 3.8) is 0 Å². The lowest BCUT2D eigenvalue weighted by Gasteiger charge is -2.11. The summed E-state index contributed by atoms with van der Waals surface area (Å²) in [6.45, 7) is 4.43. The van der Waals surface area contributed by atoms with Gasteiger partial charge in [-0.05, 0) is 62.2 Å². The molecule has 3 aromatic heterocycles. The number of benzene rings is 1. The van der Waals surface area contributed by atoms with Gasteiger partial charge in [-0.1, -0.05) is 6.07 Å². The Kier molecular flexibility index (Phi) is 6.40. The molecule has 7 heteroatoms. The Morgan fingerprint density at radius 2 is 2.13 bits per heavy atom. The van der Waals surface area contributed by atoms with E-state index in [1.807, 2.05) is 30.5 Å². The summed E-state index contributed by atoms with van der Waals surface area (Å²) in [4.78, 5) is 5.66. The fraction of sp³-hybridized carbons (Fsp3) is 0.304. The van der Waals surface area contributed by atoms with E-state index < -0.39 is 0 Å². The number of methoxy groups -OCH3 is 1. The van der Waals surface area contributed by atoms with Gasteiger partial charge in [-0.3, -0.25) is 5.10 Å². The number of fused-ring (bicyclic) bond motifs is 1. The van der Waals surface area contributed by atoms with Crippen LogP contribution < -0.4 is 10.1 Å². The molecule has 0 spiro atoms. The van der Waals surface area contributed by atoms with Crippen molar-refractivity contribution in [3.05, 3.63) is 61.1 Å². The third-order valence-corrected chi connectivity index (χ3v) is 5.65. The van der Waals surface area contributed by atoms with E-state index in [1.54, 1.807) is 13.3 Å². The van der Waals surface area contributed by atoms with Gasteiger partial charge in [0.2, 0.25) is 0 Å². The average Bonchev–Trinajstić information content (AvgIpc) is 3.50. The van der Waals surface area contributed by atoms with Crippen LogP contribution in [0, 0.1) is 5.92 Å². The normalized spacial score (nSPS) is 18.2. The van der Waals surface area contributed by atoms with Gasteiger partial charge in [-0.2, -0.15) is 5.10 Å². The molecule has 1 aromatic carbocycles. The standard InChI is InChI=1S/C16H19N5.C7H8OS/c1-11-6-12(7-17-11)10-21-5-4-15-16(21)3-2-14(20-15)13-8-18-19-9-13;1-8-6-3-2-4-7(9)5-6/h2-5,8-9,11-12,17H,6-7,10H2,1H3,(H,18,19);2-5,9H,1H3. The minimum absolute atomic E-state index is 0.641. The van der Waals surface area contributed by atoms with Gasteiger partial charge < -0.3 is 14.6 Å². The second-order valence-electron chi connectivity index (χ2n) is 7.67. The number of nitrogens with zero attached hydrogens (tertiary/aromatic N) is 3. The fourth-order valence-corrected chi connectivity index (χ4v) is 4.06. The van der Waals surface area contributed by atoms with Crippen LogP contribution in [0.3, 0.4) is 0 Å². The first-order valence-corrected chi connectivity index (χ1v) is 10.6. The van der Waals surface area contributed by atoms with Crippen LogP contribution in [0.5, 0.6) is 5.75 Å². The molecule has 2 N–H and O–H groups in total. The van der Waals surface area contributed by atoms with E-state index in [4.69, 9.17) is 9.72 Å². The first kappa shape index (κ1) is 20.5. The van der Waals surface area contributed by atoms with Crippen molar-refractivity contribution < 1.29 is 4.74 Å². The summed E-state index contributed by atoms with van der Waals surface area (Å²) in [7, 11) is 1.64. The molecule has 1 fully saturated rings. The lowest BCUT2D eigenvalue weighted by Crippen LogP contribution is -2.17. The molecule has 4 aromatic rings. The summed E-state index contributed by atoms with van der Waals surface area (Å²) >= 11 is 4.13. The van der Waals surface area contributed by atoms with Crippen molar-refractivity contribution >= 4 is 23.7 Å². The first-order valence-electron chi connectivity index (χ1n) is 10.1. The second-order valence-corrected chi connectivity index (χ2v) is 8.18. The average molecular weight is 422 g/mol. The SMILES string of the molecule is CC1CC(Cn2ccc3nc(-c4cn[nH]c4)ccc32)CN1.COc1cccc(S)c1. The number of nitrogens with one attached hydrogen (secondary N) is 2. The molecule has 2 atom stereocenters. The molecule has 5 rings (SSSR count). The Hall–Kier alpha value is -2.77. The Balaban J connectivity index is 0.000000204. The van der Waals surface area contributed by atoms with Gasteiger partial charge in [0.05, 0.1) is 30.0 Å². The van der Waals surface area contributed by atoms with Crippen LogP contribution >= 0.6 is 12.6 Å². The number of aromatic amines is 1. The first-order chi connectivity index (χ1) is 14.6. The molecule has 1 aliphatic rings. The molecule has 1 saturated heterocycles. The summed E-state index contributed by atoms with van der Waals surface area (Å²) in [5.74, 6) is 1.56. The summed E-state index contributed by atoms with van der Waals surface area (Å²) in [5, 5.41) is 10.3. The van der Waals surface area contributed by atoms with Crippen molar-refractivity contribution in [2.75, 3.05) is 13.7 Å². The summed E-state index contributed by atoms with van der Waals surface area (Å²) in [6.07, 6.45) is 7.08. The predicted octanol–water partition coefficient (Wildman–Crippen LogP) is 4.41. The number of H-pyrrole nitrogens is 1. The van der Waals surface area contributed by atoms with Crippen LogP contribution in [0.15, 0.2) is 66.0 Å². The maximum Gasteiger partial charge on any atom is 0.119 e. The van der Waals surface area contributed by atoms with Gasteiger partial charge >= 0.3 is 0 Å². The van der Waals surface area contributed by atoms with E-state index in [1.165, 1.54) is 11.9 Å².